The van der Waals surface area contributed by atoms with E-state index in [1.165, 1.54) is 25.0 Å². The molecule has 0 radical (unpaired) electrons. The summed E-state index contributed by atoms with van der Waals surface area (Å²) in [6.45, 7) is 1.63. The monoisotopic (exact) mass is 336 g/mol. The van der Waals surface area contributed by atoms with Crippen LogP contribution in [0, 0.1) is 0 Å². The molecule has 1 atom stereocenters. The average Bonchev–Trinajstić information content (AvgIpc) is 2.54. The summed E-state index contributed by atoms with van der Waals surface area (Å²) in [7, 11) is 2.92. The number of carbonyl (C=O) groups is 1. The van der Waals surface area contributed by atoms with Gasteiger partial charge in [-0.2, -0.15) is 0 Å². The smallest absolute Gasteiger partial charge is 0.293 e. The number of rotatable bonds is 5. The van der Waals surface area contributed by atoms with Crippen molar-refractivity contribution < 1.29 is 14.3 Å². The van der Waals surface area contributed by atoms with E-state index >= 15 is 0 Å². The number of amides is 1. The van der Waals surface area contributed by atoms with Crippen molar-refractivity contribution in [3.05, 3.63) is 51.9 Å². The molecular formula is C16H17ClN2O4. The minimum atomic E-state index is -0.710. The summed E-state index contributed by atoms with van der Waals surface area (Å²) < 4.78 is 11.3. The van der Waals surface area contributed by atoms with Crippen LogP contribution >= 0.6 is 11.6 Å². The quantitative estimate of drug-likeness (QED) is 0.911. The van der Waals surface area contributed by atoms with Gasteiger partial charge in [-0.3, -0.25) is 9.59 Å². The van der Waals surface area contributed by atoms with E-state index in [9.17, 15) is 9.59 Å². The molecule has 1 heterocycles. The van der Waals surface area contributed by atoms with Crippen LogP contribution in [-0.4, -0.2) is 24.7 Å². The van der Waals surface area contributed by atoms with Gasteiger partial charge in [-0.05, 0) is 37.3 Å². The molecule has 0 aliphatic rings. The van der Waals surface area contributed by atoms with Crippen molar-refractivity contribution in [1.29, 1.82) is 0 Å². The number of hydrogen-bond donors (Lipinski definition) is 1. The van der Waals surface area contributed by atoms with Crippen LogP contribution in [0.1, 0.15) is 13.0 Å². The van der Waals surface area contributed by atoms with Gasteiger partial charge in [0.2, 0.25) is 5.91 Å². The average molecular weight is 337 g/mol. The third-order valence-corrected chi connectivity index (χ3v) is 3.67. The van der Waals surface area contributed by atoms with E-state index in [0.29, 0.717) is 16.5 Å². The highest BCUT2D eigenvalue weighted by atomic mass is 35.5. The minimum absolute atomic E-state index is 0.180. The second-order valence-corrected chi connectivity index (χ2v) is 5.21. The van der Waals surface area contributed by atoms with Gasteiger partial charge in [0, 0.05) is 11.9 Å². The Morgan fingerprint density at radius 2 is 1.91 bits per heavy atom. The Balaban J connectivity index is 2.21. The molecule has 0 aliphatic carbocycles. The largest absolute Gasteiger partial charge is 0.495 e. The van der Waals surface area contributed by atoms with Crippen LogP contribution in [0.15, 0.2) is 41.3 Å². The predicted molar refractivity (Wildman–Crippen MR) is 88.6 cm³/mol. The van der Waals surface area contributed by atoms with E-state index in [4.69, 9.17) is 21.1 Å². The Labute approximate surface area is 138 Å². The fourth-order valence-electron chi connectivity index (χ4n) is 2.07. The summed E-state index contributed by atoms with van der Waals surface area (Å²) in [6.07, 6.45) is 1.54. The van der Waals surface area contributed by atoms with Crippen molar-refractivity contribution >= 4 is 23.2 Å². The number of pyridine rings is 1. The first-order chi connectivity index (χ1) is 11.0. The van der Waals surface area contributed by atoms with E-state index in [2.05, 4.69) is 5.32 Å². The second-order valence-electron chi connectivity index (χ2n) is 4.80. The molecule has 0 bridgehead atoms. The van der Waals surface area contributed by atoms with Crippen LogP contribution < -0.4 is 20.3 Å². The SMILES string of the molecule is COc1ccc(NC(=O)C(C)n2cccc(OC)c2=O)cc1Cl. The molecule has 1 N–H and O–H groups in total. The lowest BCUT2D eigenvalue weighted by Gasteiger charge is -2.16. The topological polar surface area (TPSA) is 69.6 Å². The Kier molecular flexibility index (Phi) is 5.28. The van der Waals surface area contributed by atoms with Crippen LogP contribution in [0.2, 0.25) is 5.02 Å². The van der Waals surface area contributed by atoms with Crippen molar-refractivity contribution in [2.45, 2.75) is 13.0 Å². The first-order valence-electron chi connectivity index (χ1n) is 6.87. The number of nitrogens with one attached hydrogen (secondary N) is 1. The van der Waals surface area contributed by atoms with E-state index in [0.717, 1.165) is 0 Å². The molecule has 2 rings (SSSR count). The van der Waals surface area contributed by atoms with E-state index < -0.39 is 6.04 Å². The van der Waals surface area contributed by atoms with Crippen molar-refractivity contribution in [3.63, 3.8) is 0 Å². The van der Waals surface area contributed by atoms with Crippen LogP contribution in [0.25, 0.3) is 0 Å². The van der Waals surface area contributed by atoms with Crippen molar-refractivity contribution in [2.24, 2.45) is 0 Å². The highest BCUT2D eigenvalue weighted by Gasteiger charge is 2.18. The molecule has 0 saturated carbocycles. The number of benzene rings is 1. The molecule has 6 nitrogen and oxygen atoms in total. The zero-order valence-corrected chi connectivity index (χ0v) is 13.8. The Hall–Kier alpha value is -2.47. The molecule has 0 fully saturated rings. The van der Waals surface area contributed by atoms with Gasteiger partial charge in [-0.1, -0.05) is 11.6 Å². The second kappa shape index (κ2) is 7.19. The highest BCUT2D eigenvalue weighted by Crippen LogP contribution is 2.27. The maximum atomic E-state index is 12.3. The highest BCUT2D eigenvalue weighted by molar-refractivity contribution is 6.32. The number of anilines is 1. The molecule has 0 aliphatic heterocycles. The molecule has 0 spiro atoms. The van der Waals surface area contributed by atoms with Gasteiger partial charge in [0.1, 0.15) is 11.8 Å². The first kappa shape index (κ1) is 16.9. The third-order valence-electron chi connectivity index (χ3n) is 3.38. The number of aromatic nitrogens is 1. The van der Waals surface area contributed by atoms with Gasteiger partial charge in [0.15, 0.2) is 5.75 Å². The molecule has 1 aromatic carbocycles. The van der Waals surface area contributed by atoms with E-state index in [1.54, 1.807) is 37.3 Å². The van der Waals surface area contributed by atoms with E-state index in [-0.39, 0.29) is 17.2 Å². The summed E-state index contributed by atoms with van der Waals surface area (Å²) in [4.78, 5) is 24.5. The fourth-order valence-corrected chi connectivity index (χ4v) is 2.32. The molecular weight excluding hydrogens is 320 g/mol. The maximum Gasteiger partial charge on any atom is 0.293 e. The summed E-state index contributed by atoms with van der Waals surface area (Å²) in [5, 5.41) is 3.10. The number of nitrogens with zero attached hydrogens (tertiary/aromatic N) is 1. The van der Waals surface area contributed by atoms with Gasteiger partial charge in [0.25, 0.3) is 5.56 Å². The van der Waals surface area contributed by atoms with Gasteiger partial charge in [-0.25, -0.2) is 0 Å². The number of ether oxygens (including phenoxy) is 2. The van der Waals surface area contributed by atoms with Crippen LogP contribution in [0.4, 0.5) is 5.69 Å². The van der Waals surface area contributed by atoms with E-state index in [1.807, 2.05) is 0 Å². The van der Waals surface area contributed by atoms with Crippen molar-refractivity contribution in [3.8, 4) is 11.5 Å². The first-order valence-corrected chi connectivity index (χ1v) is 7.25. The molecule has 2 aromatic rings. The molecule has 0 saturated heterocycles. The van der Waals surface area contributed by atoms with Gasteiger partial charge in [0.05, 0.1) is 19.2 Å². The molecule has 122 valence electrons. The zero-order chi connectivity index (χ0) is 17.0. The summed E-state index contributed by atoms with van der Waals surface area (Å²) >= 11 is 6.03. The van der Waals surface area contributed by atoms with Crippen LogP contribution in [0.3, 0.4) is 0 Å². The molecule has 7 heteroatoms. The van der Waals surface area contributed by atoms with Crippen molar-refractivity contribution in [1.82, 2.24) is 4.57 Å². The van der Waals surface area contributed by atoms with Gasteiger partial charge >= 0.3 is 0 Å². The van der Waals surface area contributed by atoms with Crippen LogP contribution in [-0.2, 0) is 4.79 Å². The number of halogens is 1. The number of methoxy groups -OCH3 is 2. The van der Waals surface area contributed by atoms with Crippen molar-refractivity contribution in [2.75, 3.05) is 19.5 Å². The maximum absolute atomic E-state index is 12.3. The third kappa shape index (κ3) is 3.65. The van der Waals surface area contributed by atoms with Gasteiger partial charge < -0.3 is 19.4 Å². The summed E-state index contributed by atoms with van der Waals surface area (Å²) in [6, 6.07) is 7.39. The normalized spacial score (nSPS) is 11.7. The molecule has 1 amide bonds. The molecule has 1 unspecified atom stereocenters. The minimum Gasteiger partial charge on any atom is -0.495 e. The Morgan fingerprint density at radius 3 is 2.52 bits per heavy atom. The molecule has 23 heavy (non-hydrogen) atoms. The Morgan fingerprint density at radius 1 is 1.22 bits per heavy atom. The zero-order valence-electron chi connectivity index (χ0n) is 13.0. The fraction of sp³-hybridized carbons (Fsp3) is 0.250. The summed E-state index contributed by atoms with van der Waals surface area (Å²) in [5.74, 6) is 0.350. The lowest BCUT2D eigenvalue weighted by atomic mass is 10.2. The van der Waals surface area contributed by atoms with Crippen LogP contribution in [0.5, 0.6) is 11.5 Å². The standard InChI is InChI=1S/C16H17ClN2O4/c1-10(19-8-4-5-14(23-3)16(19)21)15(20)18-11-6-7-13(22-2)12(17)9-11/h4-10H,1-3H3,(H,18,20). The predicted octanol–water partition coefficient (Wildman–Crippen LogP) is 2.72. The number of carbonyl (C=O) groups excluding carboxylic acids is 1. The lowest BCUT2D eigenvalue weighted by Crippen LogP contribution is -2.31. The lowest BCUT2D eigenvalue weighted by molar-refractivity contribution is -0.118. The Bertz CT molecular complexity index is 773. The number of hydrogen-bond acceptors (Lipinski definition) is 4. The summed E-state index contributed by atoms with van der Waals surface area (Å²) in [5.41, 5.74) is 0.147. The van der Waals surface area contributed by atoms with Gasteiger partial charge in [-0.15, -0.1) is 0 Å². The molecule has 1 aromatic heterocycles.